The van der Waals surface area contributed by atoms with Crippen LogP contribution in [0.1, 0.15) is 29.6 Å². The zero-order valence-corrected chi connectivity index (χ0v) is 11.1. The molecule has 1 atom stereocenters. The van der Waals surface area contributed by atoms with Gasteiger partial charge in [-0.1, -0.05) is 0 Å². The Hall–Kier alpha value is -1.62. The summed E-state index contributed by atoms with van der Waals surface area (Å²) in [4.78, 5) is 20.8. The van der Waals surface area contributed by atoms with Crippen molar-refractivity contribution in [3.05, 3.63) is 24.0 Å². The van der Waals surface area contributed by atoms with Crippen molar-refractivity contribution in [2.24, 2.45) is 0 Å². The molecule has 1 amide bonds. The standard InChI is InChI=1S/C14H20N4O/c15-12-7-11(8-16-9-12)14(19)18-6-3-13(10-18)17-4-1-2-5-17/h7-9,13H,1-6,10,15H2. The first-order valence-corrected chi connectivity index (χ1v) is 6.98. The number of carbonyl (C=O) groups excluding carboxylic acids is 1. The fourth-order valence-electron chi connectivity index (χ4n) is 3.09. The van der Waals surface area contributed by atoms with Gasteiger partial charge < -0.3 is 10.6 Å². The van der Waals surface area contributed by atoms with E-state index >= 15 is 0 Å². The van der Waals surface area contributed by atoms with Crippen molar-refractivity contribution in [3.8, 4) is 0 Å². The summed E-state index contributed by atoms with van der Waals surface area (Å²) in [5, 5.41) is 0. The number of hydrogen-bond acceptors (Lipinski definition) is 4. The number of rotatable bonds is 2. The van der Waals surface area contributed by atoms with Crippen LogP contribution in [-0.4, -0.2) is 52.9 Å². The maximum absolute atomic E-state index is 12.4. The Kier molecular flexibility index (Phi) is 3.38. The maximum Gasteiger partial charge on any atom is 0.255 e. The van der Waals surface area contributed by atoms with Gasteiger partial charge in [0.25, 0.3) is 5.91 Å². The van der Waals surface area contributed by atoms with E-state index in [0.717, 1.165) is 19.5 Å². The molecule has 3 rings (SSSR count). The minimum atomic E-state index is 0.0569. The van der Waals surface area contributed by atoms with Gasteiger partial charge in [0.15, 0.2) is 0 Å². The number of hydrogen-bond donors (Lipinski definition) is 1. The van der Waals surface area contributed by atoms with E-state index in [4.69, 9.17) is 5.73 Å². The van der Waals surface area contributed by atoms with Crippen LogP contribution >= 0.6 is 0 Å². The van der Waals surface area contributed by atoms with Crippen LogP contribution in [0.2, 0.25) is 0 Å². The average molecular weight is 260 g/mol. The van der Waals surface area contributed by atoms with Crippen LogP contribution in [0.5, 0.6) is 0 Å². The zero-order chi connectivity index (χ0) is 13.2. The molecule has 5 heteroatoms. The maximum atomic E-state index is 12.4. The van der Waals surface area contributed by atoms with Crippen molar-refractivity contribution in [2.75, 3.05) is 31.9 Å². The van der Waals surface area contributed by atoms with Crippen LogP contribution < -0.4 is 5.73 Å². The molecule has 2 saturated heterocycles. The second-order valence-corrected chi connectivity index (χ2v) is 5.44. The number of anilines is 1. The Morgan fingerprint density at radius 3 is 2.79 bits per heavy atom. The molecular weight excluding hydrogens is 240 g/mol. The smallest absolute Gasteiger partial charge is 0.255 e. The first-order chi connectivity index (χ1) is 9.24. The molecule has 0 saturated carbocycles. The third-order valence-electron chi connectivity index (χ3n) is 4.11. The van der Waals surface area contributed by atoms with E-state index < -0.39 is 0 Å². The van der Waals surface area contributed by atoms with Crippen LogP contribution in [-0.2, 0) is 0 Å². The van der Waals surface area contributed by atoms with Gasteiger partial charge in [-0.3, -0.25) is 14.7 Å². The number of pyridine rings is 1. The molecule has 2 fully saturated rings. The number of aromatic nitrogens is 1. The van der Waals surface area contributed by atoms with Gasteiger partial charge in [-0.2, -0.15) is 0 Å². The van der Waals surface area contributed by atoms with E-state index in [1.165, 1.54) is 25.9 Å². The van der Waals surface area contributed by atoms with Crippen LogP contribution in [0, 0.1) is 0 Å². The van der Waals surface area contributed by atoms with Gasteiger partial charge in [0, 0.05) is 31.5 Å². The van der Waals surface area contributed by atoms with E-state index in [2.05, 4.69) is 9.88 Å². The molecule has 0 bridgehead atoms. The Balaban J connectivity index is 1.65. The Morgan fingerprint density at radius 2 is 2.05 bits per heavy atom. The highest BCUT2D eigenvalue weighted by Crippen LogP contribution is 2.22. The highest BCUT2D eigenvalue weighted by atomic mass is 16.2. The molecule has 102 valence electrons. The van der Waals surface area contributed by atoms with E-state index in [1.807, 2.05) is 4.90 Å². The second kappa shape index (κ2) is 5.17. The molecule has 0 spiro atoms. The highest BCUT2D eigenvalue weighted by Gasteiger charge is 2.31. The van der Waals surface area contributed by atoms with Crippen molar-refractivity contribution in [1.29, 1.82) is 0 Å². The summed E-state index contributed by atoms with van der Waals surface area (Å²) in [6.45, 7) is 4.06. The molecule has 19 heavy (non-hydrogen) atoms. The van der Waals surface area contributed by atoms with Gasteiger partial charge in [0.1, 0.15) is 0 Å². The first-order valence-electron chi connectivity index (χ1n) is 6.98. The molecule has 2 aliphatic heterocycles. The van der Waals surface area contributed by atoms with Crippen LogP contribution in [0.15, 0.2) is 18.5 Å². The van der Waals surface area contributed by atoms with Gasteiger partial charge in [-0.25, -0.2) is 0 Å². The molecule has 3 heterocycles. The van der Waals surface area contributed by atoms with Crippen LogP contribution in [0.25, 0.3) is 0 Å². The van der Waals surface area contributed by atoms with E-state index in [-0.39, 0.29) is 5.91 Å². The summed E-state index contributed by atoms with van der Waals surface area (Å²) in [5.74, 6) is 0.0569. The lowest BCUT2D eigenvalue weighted by Gasteiger charge is -2.23. The van der Waals surface area contributed by atoms with E-state index in [1.54, 1.807) is 18.5 Å². The van der Waals surface area contributed by atoms with Gasteiger partial charge in [-0.15, -0.1) is 0 Å². The third-order valence-corrected chi connectivity index (χ3v) is 4.11. The van der Waals surface area contributed by atoms with E-state index in [9.17, 15) is 4.79 Å². The highest BCUT2D eigenvalue weighted by molar-refractivity contribution is 5.94. The molecule has 0 aromatic carbocycles. The van der Waals surface area contributed by atoms with E-state index in [0.29, 0.717) is 17.3 Å². The fraction of sp³-hybridized carbons (Fsp3) is 0.571. The molecular formula is C14H20N4O. The number of amides is 1. The molecule has 5 nitrogen and oxygen atoms in total. The fourth-order valence-corrected chi connectivity index (χ4v) is 3.09. The summed E-state index contributed by atoms with van der Waals surface area (Å²) in [5.41, 5.74) is 6.82. The van der Waals surface area contributed by atoms with Gasteiger partial charge in [0.2, 0.25) is 0 Å². The summed E-state index contributed by atoms with van der Waals surface area (Å²) in [7, 11) is 0. The van der Waals surface area contributed by atoms with Crippen LogP contribution in [0.3, 0.4) is 0 Å². The largest absolute Gasteiger partial charge is 0.397 e. The lowest BCUT2D eigenvalue weighted by molar-refractivity contribution is 0.0779. The van der Waals surface area contributed by atoms with Crippen molar-refractivity contribution in [1.82, 2.24) is 14.8 Å². The van der Waals surface area contributed by atoms with Gasteiger partial charge >= 0.3 is 0 Å². The molecule has 2 aliphatic rings. The molecule has 2 N–H and O–H groups in total. The minimum Gasteiger partial charge on any atom is -0.397 e. The number of nitrogens with zero attached hydrogens (tertiary/aromatic N) is 3. The number of carbonyl (C=O) groups is 1. The first kappa shape index (κ1) is 12.4. The van der Waals surface area contributed by atoms with Crippen molar-refractivity contribution in [3.63, 3.8) is 0 Å². The second-order valence-electron chi connectivity index (χ2n) is 5.44. The third kappa shape index (κ3) is 2.56. The molecule has 1 unspecified atom stereocenters. The number of nitrogens with two attached hydrogens (primary N) is 1. The predicted octanol–water partition coefficient (Wildman–Crippen LogP) is 0.974. The normalized spacial score (nSPS) is 24.0. The summed E-state index contributed by atoms with van der Waals surface area (Å²) in [6, 6.07) is 2.25. The number of likely N-dealkylation sites (tertiary alicyclic amines) is 2. The monoisotopic (exact) mass is 260 g/mol. The SMILES string of the molecule is Nc1cncc(C(=O)N2CCC(N3CCCC3)C2)c1. The summed E-state index contributed by atoms with van der Waals surface area (Å²) >= 11 is 0. The van der Waals surface area contributed by atoms with Gasteiger partial charge in [0.05, 0.1) is 11.3 Å². The zero-order valence-electron chi connectivity index (χ0n) is 11.1. The van der Waals surface area contributed by atoms with Crippen molar-refractivity contribution >= 4 is 11.6 Å². The number of nitrogen functional groups attached to an aromatic ring is 1. The van der Waals surface area contributed by atoms with Gasteiger partial charge in [-0.05, 0) is 38.4 Å². The lowest BCUT2D eigenvalue weighted by atomic mass is 10.2. The molecule has 0 radical (unpaired) electrons. The lowest BCUT2D eigenvalue weighted by Crippen LogP contribution is -2.37. The topological polar surface area (TPSA) is 62.5 Å². The summed E-state index contributed by atoms with van der Waals surface area (Å²) < 4.78 is 0. The van der Waals surface area contributed by atoms with Crippen molar-refractivity contribution < 1.29 is 4.79 Å². The predicted molar refractivity (Wildman–Crippen MR) is 73.8 cm³/mol. The van der Waals surface area contributed by atoms with Crippen molar-refractivity contribution in [2.45, 2.75) is 25.3 Å². The molecule has 1 aromatic heterocycles. The Bertz CT molecular complexity index is 470. The Labute approximate surface area is 113 Å². The minimum absolute atomic E-state index is 0.0569. The molecule has 0 aliphatic carbocycles. The summed E-state index contributed by atoms with van der Waals surface area (Å²) in [6.07, 6.45) is 6.84. The Morgan fingerprint density at radius 1 is 1.26 bits per heavy atom. The molecule has 1 aromatic rings. The average Bonchev–Trinajstić information content (AvgIpc) is 3.08. The van der Waals surface area contributed by atoms with Crippen LogP contribution in [0.4, 0.5) is 5.69 Å². The quantitative estimate of drug-likeness (QED) is 0.861.